The molecule has 0 N–H and O–H groups in total. The molecule has 0 radical (unpaired) electrons. The number of hydrogen-bond donors (Lipinski definition) is 0. The van der Waals surface area contributed by atoms with Crippen LogP contribution >= 0.6 is 11.6 Å². The van der Waals surface area contributed by atoms with Crippen LogP contribution in [0.15, 0.2) is 30.3 Å². The average Bonchev–Trinajstić information content (AvgIpc) is 2.61. The van der Waals surface area contributed by atoms with Crippen LogP contribution in [-0.4, -0.2) is 50.0 Å². The second-order valence-electron chi connectivity index (χ2n) is 6.32. The van der Waals surface area contributed by atoms with Crippen molar-refractivity contribution in [1.29, 1.82) is 0 Å². The highest BCUT2D eigenvalue weighted by Crippen LogP contribution is 2.39. The summed E-state index contributed by atoms with van der Waals surface area (Å²) in [5, 5.41) is 0.413. The number of carbonyl (C=O) groups is 1. The van der Waals surface area contributed by atoms with Gasteiger partial charge in [-0.1, -0.05) is 23.2 Å². The molecule has 2 heterocycles. The fourth-order valence-electron chi connectivity index (χ4n) is 2.88. The van der Waals surface area contributed by atoms with E-state index in [4.69, 9.17) is 11.6 Å². The SMILES string of the molecule is Cc1ccc2c(c1)C(=O)N(CCN(C)C)c1ccc(Cl)nc1N2C. The molecule has 126 valence electrons. The predicted octanol–water partition coefficient (Wildman–Crippen LogP) is 3.33. The molecule has 2 aromatic rings. The van der Waals surface area contributed by atoms with Crippen molar-refractivity contribution in [1.82, 2.24) is 9.88 Å². The van der Waals surface area contributed by atoms with E-state index in [1.165, 1.54) is 0 Å². The molecule has 1 aromatic carbocycles. The summed E-state index contributed by atoms with van der Waals surface area (Å²) < 4.78 is 0. The Balaban J connectivity index is 2.19. The summed E-state index contributed by atoms with van der Waals surface area (Å²) in [4.78, 5) is 23.5. The van der Waals surface area contributed by atoms with Crippen molar-refractivity contribution < 1.29 is 4.79 Å². The molecule has 0 fully saturated rings. The van der Waals surface area contributed by atoms with Crippen molar-refractivity contribution >= 4 is 34.7 Å². The molecule has 0 saturated heterocycles. The average molecular weight is 345 g/mol. The Morgan fingerprint density at radius 2 is 1.88 bits per heavy atom. The lowest BCUT2D eigenvalue weighted by Gasteiger charge is -2.25. The number of likely N-dealkylation sites (N-methyl/N-ethyl adjacent to an activating group) is 1. The van der Waals surface area contributed by atoms with Crippen molar-refractivity contribution in [2.45, 2.75) is 6.92 Å². The topological polar surface area (TPSA) is 39.7 Å². The number of pyridine rings is 1. The Morgan fingerprint density at radius 3 is 2.58 bits per heavy atom. The molecule has 0 aliphatic carbocycles. The van der Waals surface area contributed by atoms with Crippen LogP contribution in [0.3, 0.4) is 0 Å². The van der Waals surface area contributed by atoms with Gasteiger partial charge >= 0.3 is 0 Å². The van der Waals surface area contributed by atoms with Gasteiger partial charge in [0.15, 0.2) is 5.82 Å². The van der Waals surface area contributed by atoms with Crippen molar-refractivity contribution in [2.75, 3.05) is 44.0 Å². The Hall–Kier alpha value is -2.11. The van der Waals surface area contributed by atoms with Gasteiger partial charge in [0.05, 0.1) is 16.9 Å². The normalized spacial score (nSPS) is 13.8. The van der Waals surface area contributed by atoms with E-state index in [0.29, 0.717) is 23.1 Å². The third-order valence-electron chi connectivity index (χ3n) is 4.19. The molecule has 6 heteroatoms. The summed E-state index contributed by atoms with van der Waals surface area (Å²) in [6.45, 7) is 3.34. The highest BCUT2D eigenvalue weighted by molar-refractivity contribution is 6.29. The smallest absolute Gasteiger partial charge is 0.260 e. The zero-order valence-electron chi connectivity index (χ0n) is 14.4. The number of amides is 1. The largest absolute Gasteiger partial charge is 0.327 e. The van der Waals surface area contributed by atoms with Gasteiger partial charge in [-0.3, -0.25) is 4.79 Å². The van der Waals surface area contributed by atoms with Gasteiger partial charge in [-0.15, -0.1) is 0 Å². The number of nitrogens with zero attached hydrogens (tertiary/aromatic N) is 4. The highest BCUT2D eigenvalue weighted by atomic mass is 35.5. The number of fused-ring (bicyclic) bond motifs is 2. The summed E-state index contributed by atoms with van der Waals surface area (Å²) >= 11 is 6.11. The number of aromatic nitrogens is 1. The van der Waals surface area contributed by atoms with Crippen LogP contribution in [-0.2, 0) is 0 Å². The lowest BCUT2D eigenvalue weighted by atomic mass is 10.1. The number of halogens is 1. The van der Waals surface area contributed by atoms with Gasteiger partial charge in [-0.25, -0.2) is 4.98 Å². The molecule has 5 nitrogen and oxygen atoms in total. The lowest BCUT2D eigenvalue weighted by molar-refractivity contribution is 0.0986. The molecule has 0 saturated carbocycles. The van der Waals surface area contributed by atoms with Gasteiger partial charge in [-0.2, -0.15) is 0 Å². The zero-order chi connectivity index (χ0) is 17.4. The summed E-state index contributed by atoms with van der Waals surface area (Å²) in [6, 6.07) is 9.50. The van der Waals surface area contributed by atoms with Gasteiger partial charge in [-0.05, 0) is 45.3 Å². The minimum Gasteiger partial charge on any atom is -0.327 e. The summed E-state index contributed by atoms with van der Waals surface area (Å²) in [6.07, 6.45) is 0. The van der Waals surface area contributed by atoms with E-state index < -0.39 is 0 Å². The fraction of sp³-hybridized carbons (Fsp3) is 0.333. The van der Waals surface area contributed by atoms with Gasteiger partial charge in [0.1, 0.15) is 5.15 Å². The Morgan fingerprint density at radius 1 is 1.17 bits per heavy atom. The van der Waals surface area contributed by atoms with Crippen molar-refractivity contribution in [3.05, 3.63) is 46.6 Å². The molecule has 0 atom stereocenters. The molecule has 1 aliphatic rings. The highest BCUT2D eigenvalue weighted by Gasteiger charge is 2.30. The zero-order valence-corrected chi connectivity index (χ0v) is 15.1. The van der Waals surface area contributed by atoms with E-state index in [0.717, 1.165) is 23.5 Å². The monoisotopic (exact) mass is 344 g/mol. The quantitative estimate of drug-likeness (QED) is 0.801. The Bertz CT molecular complexity index is 791. The molecule has 1 amide bonds. The van der Waals surface area contributed by atoms with Crippen LogP contribution in [0.4, 0.5) is 17.2 Å². The van der Waals surface area contributed by atoms with E-state index >= 15 is 0 Å². The maximum atomic E-state index is 13.2. The second-order valence-corrected chi connectivity index (χ2v) is 6.70. The van der Waals surface area contributed by atoms with Crippen LogP contribution in [0, 0.1) is 6.92 Å². The predicted molar refractivity (Wildman–Crippen MR) is 98.7 cm³/mol. The third kappa shape index (κ3) is 2.97. The third-order valence-corrected chi connectivity index (χ3v) is 4.40. The maximum Gasteiger partial charge on any atom is 0.260 e. The summed E-state index contributed by atoms with van der Waals surface area (Å²) in [5.74, 6) is 0.683. The standard InChI is InChI=1S/C18H21ClN4O/c1-12-5-6-14-13(11-12)18(24)23(10-9-21(2)3)15-7-8-16(19)20-17(15)22(14)4/h5-8,11H,9-10H2,1-4H3. The first-order chi connectivity index (χ1) is 11.4. The molecule has 0 unspecified atom stereocenters. The van der Waals surface area contributed by atoms with E-state index in [2.05, 4.69) is 9.88 Å². The van der Waals surface area contributed by atoms with Crippen LogP contribution in [0.2, 0.25) is 5.15 Å². The molecule has 24 heavy (non-hydrogen) atoms. The molecular weight excluding hydrogens is 324 g/mol. The minimum absolute atomic E-state index is 0.00901. The molecule has 1 aliphatic heterocycles. The minimum atomic E-state index is -0.00901. The van der Waals surface area contributed by atoms with Crippen LogP contribution < -0.4 is 9.80 Å². The molecule has 0 spiro atoms. The molecule has 0 bridgehead atoms. The van der Waals surface area contributed by atoms with Crippen molar-refractivity contribution in [3.8, 4) is 0 Å². The summed E-state index contributed by atoms with van der Waals surface area (Å²) in [5.41, 5.74) is 3.36. The van der Waals surface area contributed by atoms with Crippen molar-refractivity contribution in [3.63, 3.8) is 0 Å². The number of benzene rings is 1. The fourth-order valence-corrected chi connectivity index (χ4v) is 3.02. The van der Waals surface area contributed by atoms with Crippen LogP contribution in [0.1, 0.15) is 15.9 Å². The van der Waals surface area contributed by atoms with E-state index in [-0.39, 0.29) is 5.91 Å². The first kappa shape index (κ1) is 16.7. The van der Waals surface area contributed by atoms with Gasteiger partial charge in [0, 0.05) is 20.1 Å². The summed E-state index contributed by atoms with van der Waals surface area (Å²) in [7, 11) is 5.90. The number of aryl methyl sites for hydroxylation is 1. The van der Waals surface area contributed by atoms with Crippen molar-refractivity contribution in [2.24, 2.45) is 0 Å². The first-order valence-corrected chi connectivity index (χ1v) is 8.24. The molecule has 1 aromatic heterocycles. The molecular formula is C18H21ClN4O. The Labute approximate surface area is 147 Å². The number of rotatable bonds is 3. The van der Waals surface area contributed by atoms with E-state index in [9.17, 15) is 4.79 Å². The van der Waals surface area contributed by atoms with E-state index in [1.54, 1.807) is 11.0 Å². The number of carbonyl (C=O) groups excluding carboxylic acids is 1. The second kappa shape index (κ2) is 6.42. The first-order valence-electron chi connectivity index (χ1n) is 7.86. The van der Waals surface area contributed by atoms with Gasteiger partial charge in [0.25, 0.3) is 5.91 Å². The molecule has 3 rings (SSSR count). The van der Waals surface area contributed by atoms with Gasteiger partial charge < -0.3 is 14.7 Å². The number of anilines is 3. The van der Waals surface area contributed by atoms with Gasteiger partial charge in [0.2, 0.25) is 0 Å². The van der Waals surface area contributed by atoms with Crippen LogP contribution in [0.25, 0.3) is 0 Å². The van der Waals surface area contributed by atoms with Crippen LogP contribution in [0.5, 0.6) is 0 Å². The lowest BCUT2D eigenvalue weighted by Crippen LogP contribution is -2.36. The maximum absolute atomic E-state index is 13.2. The van der Waals surface area contributed by atoms with E-state index in [1.807, 2.05) is 57.2 Å². The number of hydrogen-bond acceptors (Lipinski definition) is 4. The Kier molecular flexibility index (Phi) is 4.47.